The van der Waals surface area contributed by atoms with E-state index in [1.807, 2.05) is 11.9 Å². The molecule has 2 rings (SSSR count). The Morgan fingerprint density at radius 2 is 2.15 bits per heavy atom. The Morgan fingerprint density at radius 3 is 2.80 bits per heavy atom. The number of nitrogens with zero attached hydrogens (tertiary/aromatic N) is 1. The molecular formula is C14H18BrF3N2. The molecular weight excluding hydrogens is 333 g/mol. The molecule has 0 radical (unpaired) electrons. The fraction of sp³-hybridized carbons (Fsp3) is 0.571. The average Bonchev–Trinajstić information content (AvgIpc) is 2.38. The molecule has 0 bridgehead atoms. The van der Waals surface area contributed by atoms with Gasteiger partial charge in [0.25, 0.3) is 0 Å². The quantitative estimate of drug-likeness (QED) is 0.889. The predicted molar refractivity (Wildman–Crippen MR) is 78.0 cm³/mol. The largest absolute Gasteiger partial charge is 0.418 e. The van der Waals surface area contributed by atoms with E-state index < -0.39 is 11.7 Å². The van der Waals surface area contributed by atoms with E-state index in [0.29, 0.717) is 29.2 Å². The van der Waals surface area contributed by atoms with Gasteiger partial charge in [0.2, 0.25) is 0 Å². The summed E-state index contributed by atoms with van der Waals surface area (Å²) in [6.45, 7) is 2.20. The molecule has 1 fully saturated rings. The van der Waals surface area contributed by atoms with Gasteiger partial charge in [-0.3, -0.25) is 0 Å². The Hall–Kier alpha value is -0.750. The van der Waals surface area contributed by atoms with Crippen molar-refractivity contribution < 1.29 is 13.2 Å². The van der Waals surface area contributed by atoms with Crippen molar-refractivity contribution in [3.05, 3.63) is 28.2 Å². The van der Waals surface area contributed by atoms with E-state index in [2.05, 4.69) is 21.2 Å². The fourth-order valence-electron chi connectivity index (χ4n) is 2.75. The van der Waals surface area contributed by atoms with Crippen molar-refractivity contribution >= 4 is 21.6 Å². The van der Waals surface area contributed by atoms with Gasteiger partial charge in [-0.05, 0) is 50.6 Å². The molecule has 20 heavy (non-hydrogen) atoms. The molecule has 0 aromatic heterocycles. The minimum Gasteiger partial charge on any atom is -0.371 e. The van der Waals surface area contributed by atoms with Gasteiger partial charge in [-0.25, -0.2) is 0 Å². The van der Waals surface area contributed by atoms with Crippen LogP contribution in [0.15, 0.2) is 22.7 Å². The Labute approximate surface area is 125 Å². The molecule has 0 amide bonds. The van der Waals surface area contributed by atoms with Crippen molar-refractivity contribution in [2.75, 3.05) is 31.6 Å². The number of benzene rings is 1. The van der Waals surface area contributed by atoms with Crippen molar-refractivity contribution in [2.45, 2.75) is 19.0 Å². The molecule has 6 heteroatoms. The van der Waals surface area contributed by atoms with E-state index in [-0.39, 0.29) is 0 Å². The molecule has 112 valence electrons. The third kappa shape index (κ3) is 3.67. The van der Waals surface area contributed by atoms with E-state index in [1.54, 1.807) is 12.1 Å². The average molecular weight is 351 g/mol. The first-order valence-electron chi connectivity index (χ1n) is 6.68. The van der Waals surface area contributed by atoms with Crippen LogP contribution < -0.4 is 10.2 Å². The van der Waals surface area contributed by atoms with E-state index in [4.69, 9.17) is 0 Å². The van der Waals surface area contributed by atoms with Crippen LogP contribution in [0.1, 0.15) is 18.4 Å². The zero-order chi connectivity index (χ0) is 14.8. The van der Waals surface area contributed by atoms with Crippen LogP contribution in [0, 0.1) is 5.92 Å². The lowest BCUT2D eigenvalue weighted by Crippen LogP contribution is -2.39. The zero-order valence-corrected chi connectivity index (χ0v) is 12.9. The monoisotopic (exact) mass is 350 g/mol. The smallest absolute Gasteiger partial charge is 0.371 e. The van der Waals surface area contributed by atoms with Gasteiger partial charge in [0.1, 0.15) is 0 Å². The summed E-state index contributed by atoms with van der Waals surface area (Å²) in [5.74, 6) is 0.401. The fourth-order valence-corrected chi connectivity index (χ4v) is 3.11. The summed E-state index contributed by atoms with van der Waals surface area (Å²) in [7, 11) is 1.87. The molecule has 0 saturated carbocycles. The molecule has 1 atom stereocenters. The summed E-state index contributed by atoms with van der Waals surface area (Å²) < 4.78 is 40.0. The molecule has 1 unspecified atom stereocenters. The number of hydrogen-bond acceptors (Lipinski definition) is 2. The highest BCUT2D eigenvalue weighted by molar-refractivity contribution is 9.10. The van der Waals surface area contributed by atoms with Crippen LogP contribution in [0.25, 0.3) is 0 Å². The van der Waals surface area contributed by atoms with Crippen molar-refractivity contribution in [1.29, 1.82) is 0 Å². The van der Waals surface area contributed by atoms with Crippen LogP contribution in [0.3, 0.4) is 0 Å². The van der Waals surface area contributed by atoms with Crippen molar-refractivity contribution in [1.82, 2.24) is 5.32 Å². The molecule has 1 aromatic carbocycles. The minimum absolute atomic E-state index is 0.293. The maximum Gasteiger partial charge on any atom is 0.418 e. The normalized spacial score (nSPS) is 20.2. The standard InChI is InChI=1S/C14H18BrF3N2/c1-19-8-10-3-2-6-20(9-10)13-5-4-11(15)7-12(13)14(16,17)18/h4-5,7,10,19H,2-3,6,8-9H2,1H3. The molecule has 0 aliphatic carbocycles. The molecule has 1 aliphatic rings. The van der Waals surface area contributed by atoms with Crippen molar-refractivity contribution in [2.24, 2.45) is 5.92 Å². The summed E-state index contributed by atoms with van der Waals surface area (Å²) in [5, 5.41) is 3.11. The van der Waals surface area contributed by atoms with Gasteiger partial charge < -0.3 is 10.2 Å². The maximum absolute atomic E-state index is 13.2. The Bertz CT molecular complexity index is 460. The molecule has 1 saturated heterocycles. The van der Waals surface area contributed by atoms with Gasteiger partial charge in [-0.2, -0.15) is 13.2 Å². The van der Waals surface area contributed by atoms with Crippen LogP contribution in [-0.4, -0.2) is 26.7 Å². The van der Waals surface area contributed by atoms with E-state index in [0.717, 1.165) is 25.5 Å². The summed E-state index contributed by atoms with van der Waals surface area (Å²) in [4.78, 5) is 1.86. The second-order valence-corrected chi connectivity index (χ2v) is 6.09. The van der Waals surface area contributed by atoms with E-state index >= 15 is 0 Å². The van der Waals surface area contributed by atoms with Crippen LogP contribution in [0.5, 0.6) is 0 Å². The number of rotatable bonds is 3. The van der Waals surface area contributed by atoms with Crippen LogP contribution in [-0.2, 0) is 6.18 Å². The lowest BCUT2D eigenvalue weighted by atomic mass is 9.96. The van der Waals surface area contributed by atoms with Crippen LogP contribution >= 0.6 is 15.9 Å². The summed E-state index contributed by atoms with van der Waals surface area (Å²) in [6.07, 6.45) is -2.33. The number of hydrogen-bond donors (Lipinski definition) is 1. The zero-order valence-electron chi connectivity index (χ0n) is 11.3. The number of piperidine rings is 1. The number of nitrogens with one attached hydrogen (secondary N) is 1. The Kier molecular flexibility index (Phi) is 4.96. The van der Waals surface area contributed by atoms with Crippen molar-refractivity contribution in [3.63, 3.8) is 0 Å². The SMILES string of the molecule is CNCC1CCCN(c2ccc(Br)cc2C(F)(F)F)C1. The number of halogens is 4. The van der Waals surface area contributed by atoms with Crippen molar-refractivity contribution in [3.8, 4) is 0 Å². The number of alkyl halides is 3. The second-order valence-electron chi connectivity index (χ2n) is 5.17. The third-order valence-corrected chi connectivity index (χ3v) is 4.11. The highest BCUT2D eigenvalue weighted by Crippen LogP contribution is 2.39. The lowest BCUT2D eigenvalue weighted by molar-refractivity contribution is -0.137. The molecule has 2 nitrogen and oxygen atoms in total. The van der Waals surface area contributed by atoms with Crippen LogP contribution in [0.2, 0.25) is 0 Å². The van der Waals surface area contributed by atoms with E-state index in [1.165, 1.54) is 0 Å². The predicted octanol–water partition coefficient (Wildman–Crippen LogP) is 3.90. The first-order valence-corrected chi connectivity index (χ1v) is 7.47. The van der Waals surface area contributed by atoms with Gasteiger partial charge in [0.05, 0.1) is 5.56 Å². The molecule has 1 aromatic rings. The third-order valence-electron chi connectivity index (χ3n) is 3.62. The summed E-state index contributed by atoms with van der Waals surface area (Å²) in [6, 6.07) is 4.40. The number of anilines is 1. The van der Waals surface area contributed by atoms with Gasteiger partial charge in [-0.15, -0.1) is 0 Å². The van der Waals surface area contributed by atoms with Gasteiger partial charge in [-0.1, -0.05) is 15.9 Å². The highest BCUT2D eigenvalue weighted by Gasteiger charge is 2.36. The lowest BCUT2D eigenvalue weighted by Gasteiger charge is -2.35. The topological polar surface area (TPSA) is 15.3 Å². The van der Waals surface area contributed by atoms with Gasteiger partial charge in [0.15, 0.2) is 0 Å². The van der Waals surface area contributed by atoms with E-state index in [9.17, 15) is 13.2 Å². The molecule has 1 N–H and O–H groups in total. The van der Waals surface area contributed by atoms with Crippen LogP contribution in [0.4, 0.5) is 18.9 Å². The highest BCUT2D eigenvalue weighted by atomic mass is 79.9. The Balaban J connectivity index is 2.27. The molecule has 1 aliphatic heterocycles. The minimum atomic E-state index is -4.32. The summed E-state index contributed by atoms with van der Waals surface area (Å²) in [5.41, 5.74) is -0.265. The molecule has 1 heterocycles. The second kappa shape index (κ2) is 6.35. The van der Waals surface area contributed by atoms with Gasteiger partial charge >= 0.3 is 6.18 Å². The first-order chi connectivity index (χ1) is 9.41. The first kappa shape index (κ1) is 15.6. The Morgan fingerprint density at radius 1 is 1.40 bits per heavy atom. The van der Waals surface area contributed by atoms with Gasteiger partial charge in [0, 0.05) is 23.2 Å². The molecule has 0 spiro atoms. The summed E-state index contributed by atoms with van der Waals surface area (Å²) >= 11 is 3.12. The maximum atomic E-state index is 13.2.